The molecule has 18 heavy (non-hydrogen) atoms. The van der Waals surface area contributed by atoms with Gasteiger partial charge in [-0.05, 0) is 37.0 Å². The predicted molar refractivity (Wildman–Crippen MR) is 67.8 cm³/mol. The van der Waals surface area contributed by atoms with Crippen LogP contribution in [-0.2, 0) is 9.59 Å². The average Bonchev–Trinajstić information content (AvgIpc) is 3.06. The topological polar surface area (TPSA) is 49.4 Å². The SMILES string of the molecule is CC1(C)CCCC1N1CC(=O)NC(C2CC2)C1=O. The van der Waals surface area contributed by atoms with E-state index in [0.717, 1.165) is 32.1 Å². The first-order valence-corrected chi connectivity index (χ1v) is 7.09. The molecule has 1 heterocycles. The summed E-state index contributed by atoms with van der Waals surface area (Å²) in [4.78, 5) is 26.2. The van der Waals surface area contributed by atoms with Gasteiger partial charge in [0.05, 0.1) is 6.54 Å². The minimum absolute atomic E-state index is 0.0224. The molecule has 0 aromatic rings. The van der Waals surface area contributed by atoms with Gasteiger partial charge < -0.3 is 10.2 Å². The largest absolute Gasteiger partial charge is 0.342 e. The summed E-state index contributed by atoms with van der Waals surface area (Å²) in [6.07, 6.45) is 5.52. The Balaban J connectivity index is 1.81. The Morgan fingerprint density at radius 2 is 1.94 bits per heavy atom. The monoisotopic (exact) mass is 250 g/mol. The van der Waals surface area contributed by atoms with Crippen LogP contribution in [-0.4, -0.2) is 35.3 Å². The number of carbonyl (C=O) groups is 2. The van der Waals surface area contributed by atoms with Crippen molar-refractivity contribution in [1.82, 2.24) is 10.2 Å². The zero-order valence-electron chi connectivity index (χ0n) is 11.2. The van der Waals surface area contributed by atoms with Gasteiger partial charge in [0, 0.05) is 6.04 Å². The quantitative estimate of drug-likeness (QED) is 0.803. The Morgan fingerprint density at radius 1 is 1.22 bits per heavy atom. The fraction of sp³-hybridized carbons (Fsp3) is 0.857. The molecule has 0 spiro atoms. The van der Waals surface area contributed by atoms with E-state index >= 15 is 0 Å². The maximum atomic E-state index is 12.5. The first-order valence-electron chi connectivity index (χ1n) is 7.09. The van der Waals surface area contributed by atoms with Gasteiger partial charge >= 0.3 is 0 Å². The second-order valence-electron chi connectivity index (χ2n) is 6.75. The smallest absolute Gasteiger partial charge is 0.246 e. The van der Waals surface area contributed by atoms with Crippen molar-refractivity contribution < 1.29 is 9.59 Å². The van der Waals surface area contributed by atoms with Gasteiger partial charge in [-0.1, -0.05) is 20.3 Å². The van der Waals surface area contributed by atoms with Crippen LogP contribution in [0.3, 0.4) is 0 Å². The minimum atomic E-state index is -0.234. The molecule has 3 rings (SSSR count). The van der Waals surface area contributed by atoms with Crippen LogP contribution in [0, 0.1) is 11.3 Å². The third-order valence-electron chi connectivity index (χ3n) is 4.85. The van der Waals surface area contributed by atoms with Crippen LogP contribution >= 0.6 is 0 Å². The van der Waals surface area contributed by atoms with Crippen LogP contribution in [0.15, 0.2) is 0 Å². The molecule has 1 aliphatic heterocycles. The lowest BCUT2D eigenvalue weighted by atomic mass is 9.85. The Kier molecular flexibility index (Phi) is 2.65. The fourth-order valence-corrected chi connectivity index (χ4v) is 3.59. The Morgan fingerprint density at radius 3 is 2.50 bits per heavy atom. The molecule has 100 valence electrons. The molecule has 1 N–H and O–H groups in total. The highest BCUT2D eigenvalue weighted by Gasteiger charge is 2.48. The highest BCUT2D eigenvalue weighted by Crippen LogP contribution is 2.42. The summed E-state index contributed by atoms with van der Waals surface area (Å²) in [5.74, 6) is 0.583. The van der Waals surface area contributed by atoms with Crippen molar-refractivity contribution in [2.24, 2.45) is 11.3 Å². The van der Waals surface area contributed by atoms with Crippen molar-refractivity contribution in [3.63, 3.8) is 0 Å². The first-order chi connectivity index (χ1) is 8.49. The van der Waals surface area contributed by atoms with Crippen LogP contribution in [0.5, 0.6) is 0 Å². The van der Waals surface area contributed by atoms with Crippen LogP contribution in [0.2, 0.25) is 0 Å². The van der Waals surface area contributed by atoms with Gasteiger partial charge in [-0.25, -0.2) is 0 Å². The maximum Gasteiger partial charge on any atom is 0.246 e. The van der Waals surface area contributed by atoms with Crippen molar-refractivity contribution >= 4 is 11.8 Å². The standard InChI is InChI=1S/C14H22N2O2/c1-14(2)7-3-4-10(14)16-8-11(17)15-12(13(16)18)9-5-6-9/h9-10,12H,3-8H2,1-2H3,(H,15,17). The summed E-state index contributed by atoms with van der Waals surface area (Å²) in [5.41, 5.74) is 0.154. The molecule has 2 amide bonds. The van der Waals surface area contributed by atoms with Crippen LogP contribution in [0.1, 0.15) is 46.0 Å². The third-order valence-corrected chi connectivity index (χ3v) is 4.85. The van der Waals surface area contributed by atoms with Crippen molar-refractivity contribution in [3.05, 3.63) is 0 Å². The molecule has 2 aliphatic carbocycles. The molecule has 2 unspecified atom stereocenters. The molecule has 0 aromatic carbocycles. The number of rotatable bonds is 2. The zero-order valence-corrected chi connectivity index (χ0v) is 11.2. The molecule has 3 aliphatic rings. The van der Waals surface area contributed by atoms with Gasteiger partial charge in [0.15, 0.2) is 0 Å². The van der Waals surface area contributed by atoms with E-state index in [4.69, 9.17) is 0 Å². The number of amides is 2. The third kappa shape index (κ3) is 1.91. The molecule has 4 nitrogen and oxygen atoms in total. The zero-order chi connectivity index (χ0) is 12.9. The number of nitrogens with one attached hydrogen (secondary N) is 1. The molecule has 4 heteroatoms. The number of piperazine rings is 1. The Hall–Kier alpha value is -1.06. The lowest BCUT2D eigenvalue weighted by Crippen LogP contribution is -2.62. The van der Waals surface area contributed by atoms with Gasteiger partial charge in [-0.3, -0.25) is 9.59 Å². The molecule has 3 fully saturated rings. The van der Waals surface area contributed by atoms with Crippen LogP contribution in [0.4, 0.5) is 0 Å². The van der Waals surface area contributed by atoms with E-state index in [0.29, 0.717) is 5.92 Å². The summed E-state index contributed by atoms with van der Waals surface area (Å²) in [5, 5.41) is 2.88. The summed E-state index contributed by atoms with van der Waals surface area (Å²) >= 11 is 0. The number of hydrogen-bond donors (Lipinski definition) is 1. The molecular weight excluding hydrogens is 228 g/mol. The van der Waals surface area contributed by atoms with E-state index < -0.39 is 0 Å². The van der Waals surface area contributed by atoms with Crippen LogP contribution in [0.25, 0.3) is 0 Å². The molecule has 0 bridgehead atoms. The van der Waals surface area contributed by atoms with Gasteiger partial charge in [0.2, 0.25) is 11.8 Å². The van der Waals surface area contributed by atoms with Crippen molar-refractivity contribution in [2.45, 2.75) is 58.0 Å². The Bertz CT molecular complexity index is 387. The predicted octanol–water partition coefficient (Wildman–Crippen LogP) is 1.30. The summed E-state index contributed by atoms with van der Waals surface area (Å²) in [7, 11) is 0. The average molecular weight is 250 g/mol. The van der Waals surface area contributed by atoms with Gasteiger partial charge in [-0.2, -0.15) is 0 Å². The molecule has 0 radical (unpaired) electrons. The number of hydrogen-bond acceptors (Lipinski definition) is 2. The maximum absolute atomic E-state index is 12.5. The van der Waals surface area contributed by atoms with Gasteiger partial charge in [-0.15, -0.1) is 0 Å². The summed E-state index contributed by atoms with van der Waals surface area (Å²) < 4.78 is 0. The molecule has 1 saturated heterocycles. The van der Waals surface area contributed by atoms with Crippen LogP contribution < -0.4 is 5.32 Å². The van der Waals surface area contributed by atoms with Gasteiger partial charge in [0.25, 0.3) is 0 Å². The van der Waals surface area contributed by atoms with E-state index in [2.05, 4.69) is 19.2 Å². The van der Waals surface area contributed by atoms with Crippen molar-refractivity contribution in [1.29, 1.82) is 0 Å². The summed E-state index contributed by atoms with van der Waals surface area (Å²) in [6.45, 7) is 4.70. The molecular formula is C14H22N2O2. The second kappa shape index (κ2) is 3.97. The highest BCUT2D eigenvalue weighted by atomic mass is 16.2. The lowest BCUT2D eigenvalue weighted by molar-refractivity contribution is -0.149. The van der Waals surface area contributed by atoms with E-state index in [-0.39, 0.29) is 35.9 Å². The van der Waals surface area contributed by atoms with Gasteiger partial charge in [0.1, 0.15) is 6.04 Å². The number of nitrogens with zero attached hydrogens (tertiary/aromatic N) is 1. The summed E-state index contributed by atoms with van der Waals surface area (Å²) in [6, 6.07) is 0.0138. The second-order valence-corrected chi connectivity index (χ2v) is 6.75. The Labute approximate surface area is 108 Å². The first kappa shape index (κ1) is 12.0. The number of carbonyl (C=O) groups excluding carboxylic acids is 2. The van der Waals surface area contributed by atoms with E-state index in [1.807, 2.05) is 4.90 Å². The fourth-order valence-electron chi connectivity index (χ4n) is 3.59. The van der Waals surface area contributed by atoms with E-state index in [1.165, 1.54) is 0 Å². The lowest BCUT2D eigenvalue weighted by Gasteiger charge is -2.42. The molecule has 0 aromatic heterocycles. The normalized spacial score (nSPS) is 35.8. The van der Waals surface area contributed by atoms with Crippen molar-refractivity contribution in [2.75, 3.05) is 6.54 Å². The van der Waals surface area contributed by atoms with E-state index in [1.54, 1.807) is 0 Å². The highest BCUT2D eigenvalue weighted by molar-refractivity contribution is 5.95. The molecule has 2 saturated carbocycles. The van der Waals surface area contributed by atoms with Crippen molar-refractivity contribution in [3.8, 4) is 0 Å². The minimum Gasteiger partial charge on any atom is -0.342 e. The molecule has 2 atom stereocenters. The van der Waals surface area contributed by atoms with E-state index in [9.17, 15) is 9.59 Å².